The zero-order valence-electron chi connectivity index (χ0n) is 14.1. The van der Waals surface area contributed by atoms with Crippen molar-refractivity contribution in [1.29, 1.82) is 0 Å². The molecule has 0 saturated carbocycles. The zero-order chi connectivity index (χ0) is 18.7. The minimum Gasteiger partial charge on any atom is -0.309 e. The van der Waals surface area contributed by atoms with Crippen LogP contribution in [0.25, 0.3) is 10.9 Å². The number of aromatic nitrogens is 3. The fourth-order valence-corrected chi connectivity index (χ4v) is 2.64. The average Bonchev–Trinajstić information content (AvgIpc) is 2.62. The number of hydrogen-bond acceptors (Lipinski definition) is 6. The molecule has 3 aromatic rings. The first kappa shape index (κ1) is 17.5. The van der Waals surface area contributed by atoms with Crippen LogP contribution in [0.4, 0.5) is 5.69 Å². The number of H-pyrrole nitrogens is 1. The molecule has 0 bridgehead atoms. The number of aromatic amines is 1. The van der Waals surface area contributed by atoms with Gasteiger partial charge >= 0.3 is 0 Å². The van der Waals surface area contributed by atoms with Gasteiger partial charge in [-0.3, -0.25) is 29.2 Å². The summed E-state index contributed by atoms with van der Waals surface area (Å²) in [5.74, 6) is 0.467. The normalized spacial score (nSPS) is 11.2. The molecule has 2 aromatic heterocycles. The van der Waals surface area contributed by atoms with Gasteiger partial charge in [-0.1, -0.05) is 19.1 Å². The minimum atomic E-state index is -0.547. The molecule has 1 N–H and O–H groups in total. The lowest BCUT2D eigenvalue weighted by Gasteiger charge is -2.20. The van der Waals surface area contributed by atoms with Crippen LogP contribution in [0, 0.1) is 10.1 Å². The summed E-state index contributed by atoms with van der Waals surface area (Å²) in [6, 6.07) is 9.38. The Morgan fingerprint density at radius 2 is 2.00 bits per heavy atom. The Morgan fingerprint density at radius 1 is 1.23 bits per heavy atom. The van der Waals surface area contributed by atoms with Crippen molar-refractivity contribution in [2.24, 2.45) is 0 Å². The summed E-state index contributed by atoms with van der Waals surface area (Å²) in [4.78, 5) is 43.5. The van der Waals surface area contributed by atoms with Gasteiger partial charge in [0.2, 0.25) is 0 Å². The van der Waals surface area contributed by atoms with Crippen LogP contribution < -0.4 is 11.1 Å². The molecule has 0 radical (unpaired) electrons. The van der Waals surface area contributed by atoms with E-state index < -0.39 is 4.92 Å². The Bertz CT molecular complexity index is 1070. The van der Waals surface area contributed by atoms with Crippen LogP contribution in [0.1, 0.15) is 12.7 Å². The van der Waals surface area contributed by atoms with E-state index in [-0.39, 0.29) is 23.5 Å². The third kappa shape index (κ3) is 3.67. The Balaban J connectivity index is 1.87. The highest BCUT2D eigenvalue weighted by Crippen LogP contribution is 2.09. The largest absolute Gasteiger partial charge is 0.309 e. The number of pyridine rings is 1. The first-order chi connectivity index (χ1) is 12.5. The van der Waals surface area contributed by atoms with Gasteiger partial charge in [0.15, 0.2) is 0 Å². The van der Waals surface area contributed by atoms with E-state index in [1.165, 1.54) is 22.9 Å². The molecular formula is C17H17N5O4. The van der Waals surface area contributed by atoms with Crippen LogP contribution in [-0.4, -0.2) is 30.9 Å². The number of fused-ring (bicyclic) bond motifs is 1. The molecule has 0 unspecified atom stereocenters. The highest BCUT2D eigenvalue weighted by Gasteiger charge is 2.12. The lowest BCUT2D eigenvalue weighted by atomic mass is 10.2. The summed E-state index contributed by atoms with van der Waals surface area (Å²) in [6.45, 7) is 2.90. The molecule has 1 aromatic carbocycles. The van der Waals surface area contributed by atoms with Crippen LogP contribution in [-0.2, 0) is 13.2 Å². The van der Waals surface area contributed by atoms with E-state index in [0.717, 1.165) is 0 Å². The fourth-order valence-electron chi connectivity index (χ4n) is 2.64. The van der Waals surface area contributed by atoms with Crippen LogP contribution >= 0.6 is 0 Å². The van der Waals surface area contributed by atoms with Gasteiger partial charge < -0.3 is 4.98 Å². The first-order valence-electron chi connectivity index (χ1n) is 8.03. The summed E-state index contributed by atoms with van der Waals surface area (Å²) in [6.07, 6.45) is 1.21. The Labute approximate surface area is 147 Å². The molecule has 134 valence electrons. The van der Waals surface area contributed by atoms with Crippen LogP contribution in [0.3, 0.4) is 0 Å². The standard InChI is InChI=1S/C17H17N5O4/c1-2-20(11-21-9-12(22(25)26)7-8-16(21)23)10-15-18-14-6-4-3-5-13(14)17(24)19-15/h3-9H,2,10-11H2,1H3,(H,18,19,24). The van der Waals surface area contributed by atoms with E-state index in [9.17, 15) is 19.7 Å². The average molecular weight is 355 g/mol. The molecule has 26 heavy (non-hydrogen) atoms. The maximum Gasteiger partial charge on any atom is 0.285 e. The highest BCUT2D eigenvalue weighted by atomic mass is 16.6. The number of nitro groups is 1. The van der Waals surface area contributed by atoms with E-state index in [1.807, 2.05) is 11.8 Å². The number of rotatable bonds is 6. The molecule has 9 nitrogen and oxygen atoms in total. The summed E-state index contributed by atoms with van der Waals surface area (Å²) in [7, 11) is 0. The van der Waals surface area contributed by atoms with Gasteiger partial charge in [-0.15, -0.1) is 0 Å². The SMILES string of the molecule is CCN(Cc1nc2ccccc2c(=O)[nH]1)Cn1cc([N+](=O)[O-])ccc1=O. The number of nitrogens with one attached hydrogen (secondary N) is 1. The highest BCUT2D eigenvalue weighted by molar-refractivity contribution is 5.77. The molecule has 0 aliphatic heterocycles. The molecule has 0 atom stereocenters. The zero-order valence-corrected chi connectivity index (χ0v) is 14.1. The van der Waals surface area contributed by atoms with E-state index in [2.05, 4.69) is 9.97 Å². The van der Waals surface area contributed by atoms with Crippen molar-refractivity contribution in [2.75, 3.05) is 6.54 Å². The number of hydrogen-bond donors (Lipinski definition) is 1. The lowest BCUT2D eigenvalue weighted by Crippen LogP contribution is -2.32. The van der Waals surface area contributed by atoms with Gasteiger partial charge in [0.1, 0.15) is 5.82 Å². The van der Waals surface area contributed by atoms with Crippen LogP contribution in [0.2, 0.25) is 0 Å². The van der Waals surface area contributed by atoms with Crippen molar-refractivity contribution in [3.8, 4) is 0 Å². The Hall–Kier alpha value is -3.33. The molecule has 0 saturated heterocycles. The summed E-state index contributed by atoms with van der Waals surface area (Å²) < 4.78 is 1.26. The summed E-state index contributed by atoms with van der Waals surface area (Å²) in [5.41, 5.74) is -0.129. The van der Waals surface area contributed by atoms with Gasteiger partial charge in [0.25, 0.3) is 16.8 Å². The second-order valence-electron chi connectivity index (χ2n) is 5.77. The second kappa shape index (κ2) is 7.28. The molecule has 0 amide bonds. The quantitative estimate of drug-likeness (QED) is 0.529. The maximum atomic E-state index is 12.2. The van der Waals surface area contributed by atoms with Crippen LogP contribution in [0.5, 0.6) is 0 Å². The van der Waals surface area contributed by atoms with Crippen molar-refractivity contribution in [2.45, 2.75) is 20.1 Å². The number of benzene rings is 1. The van der Waals surface area contributed by atoms with Crippen molar-refractivity contribution in [3.05, 3.63) is 79.2 Å². The smallest absolute Gasteiger partial charge is 0.285 e. The van der Waals surface area contributed by atoms with Gasteiger partial charge in [-0.05, 0) is 18.7 Å². The molecule has 0 aliphatic rings. The van der Waals surface area contributed by atoms with Crippen molar-refractivity contribution >= 4 is 16.6 Å². The van der Waals surface area contributed by atoms with Crippen molar-refractivity contribution in [1.82, 2.24) is 19.4 Å². The van der Waals surface area contributed by atoms with Gasteiger partial charge in [0, 0.05) is 12.1 Å². The second-order valence-corrected chi connectivity index (χ2v) is 5.77. The molecule has 3 rings (SSSR count). The molecular weight excluding hydrogens is 338 g/mol. The number of nitrogens with zero attached hydrogens (tertiary/aromatic N) is 4. The Morgan fingerprint density at radius 3 is 2.73 bits per heavy atom. The predicted molar refractivity (Wildman–Crippen MR) is 95.8 cm³/mol. The van der Waals surface area contributed by atoms with E-state index in [4.69, 9.17) is 0 Å². The summed E-state index contributed by atoms with van der Waals surface area (Å²) in [5, 5.41) is 11.4. The van der Waals surface area contributed by atoms with E-state index in [1.54, 1.807) is 24.3 Å². The number of para-hydroxylation sites is 1. The summed E-state index contributed by atoms with van der Waals surface area (Å²) >= 11 is 0. The Kier molecular flexibility index (Phi) is 4.90. The van der Waals surface area contributed by atoms with Gasteiger partial charge in [0.05, 0.1) is 35.2 Å². The van der Waals surface area contributed by atoms with Crippen molar-refractivity contribution in [3.63, 3.8) is 0 Å². The topological polar surface area (TPSA) is 114 Å². The molecule has 0 spiro atoms. The fraction of sp³-hybridized carbons (Fsp3) is 0.235. The third-order valence-electron chi connectivity index (χ3n) is 4.01. The predicted octanol–water partition coefficient (Wildman–Crippen LogP) is 1.47. The van der Waals surface area contributed by atoms with E-state index in [0.29, 0.717) is 29.8 Å². The maximum absolute atomic E-state index is 12.2. The lowest BCUT2D eigenvalue weighted by molar-refractivity contribution is -0.385. The van der Waals surface area contributed by atoms with Gasteiger partial charge in [-0.25, -0.2) is 4.98 Å². The molecule has 0 aliphatic carbocycles. The first-order valence-corrected chi connectivity index (χ1v) is 8.03. The van der Waals surface area contributed by atoms with Crippen LogP contribution in [0.15, 0.2) is 52.2 Å². The van der Waals surface area contributed by atoms with E-state index >= 15 is 0 Å². The monoisotopic (exact) mass is 355 g/mol. The molecule has 0 fully saturated rings. The molecule has 2 heterocycles. The van der Waals surface area contributed by atoms with Gasteiger partial charge in [-0.2, -0.15) is 0 Å². The third-order valence-corrected chi connectivity index (χ3v) is 4.01. The minimum absolute atomic E-state index is 0.146. The molecule has 9 heteroatoms. The van der Waals surface area contributed by atoms with Crippen molar-refractivity contribution < 1.29 is 4.92 Å².